The van der Waals surface area contributed by atoms with Crippen LogP contribution in [-0.4, -0.2) is 34.4 Å². The standard InChI is InChI=1S/C14H24N2O2/c1-11(10-15)7-8-16(2)13-9-12(17-3)5-6-14(13)18-4/h5-6,9,11H,7-8,10,15H2,1-4H3. The van der Waals surface area contributed by atoms with E-state index in [0.29, 0.717) is 5.92 Å². The molecule has 0 spiro atoms. The molecule has 1 atom stereocenters. The van der Waals surface area contributed by atoms with Crippen molar-refractivity contribution in [2.75, 3.05) is 39.3 Å². The minimum atomic E-state index is 0.532. The molecule has 1 aromatic carbocycles. The monoisotopic (exact) mass is 252 g/mol. The van der Waals surface area contributed by atoms with E-state index < -0.39 is 0 Å². The summed E-state index contributed by atoms with van der Waals surface area (Å²) in [6, 6.07) is 5.82. The van der Waals surface area contributed by atoms with E-state index in [1.54, 1.807) is 14.2 Å². The van der Waals surface area contributed by atoms with E-state index >= 15 is 0 Å². The maximum absolute atomic E-state index is 5.64. The van der Waals surface area contributed by atoms with E-state index in [1.165, 1.54) is 0 Å². The first-order valence-electron chi connectivity index (χ1n) is 6.25. The van der Waals surface area contributed by atoms with E-state index in [0.717, 1.165) is 36.7 Å². The van der Waals surface area contributed by atoms with Crippen LogP contribution in [0.2, 0.25) is 0 Å². The van der Waals surface area contributed by atoms with Crippen LogP contribution in [0.4, 0.5) is 5.69 Å². The molecule has 0 fully saturated rings. The second-order valence-corrected chi connectivity index (χ2v) is 4.59. The predicted molar refractivity (Wildman–Crippen MR) is 75.7 cm³/mol. The molecule has 0 aliphatic heterocycles. The fourth-order valence-electron chi connectivity index (χ4n) is 1.75. The molecular formula is C14H24N2O2. The van der Waals surface area contributed by atoms with Gasteiger partial charge in [0.2, 0.25) is 0 Å². The van der Waals surface area contributed by atoms with E-state index in [4.69, 9.17) is 15.2 Å². The molecule has 0 saturated heterocycles. The Morgan fingerprint density at radius 2 is 2.00 bits per heavy atom. The molecule has 1 unspecified atom stereocenters. The minimum absolute atomic E-state index is 0.532. The van der Waals surface area contributed by atoms with Crippen LogP contribution in [0.1, 0.15) is 13.3 Å². The lowest BCUT2D eigenvalue weighted by Gasteiger charge is -2.23. The summed E-state index contributed by atoms with van der Waals surface area (Å²) >= 11 is 0. The van der Waals surface area contributed by atoms with Gasteiger partial charge in [0.1, 0.15) is 11.5 Å². The number of nitrogens with zero attached hydrogens (tertiary/aromatic N) is 1. The van der Waals surface area contributed by atoms with Crippen LogP contribution in [0, 0.1) is 5.92 Å². The first kappa shape index (κ1) is 14.6. The lowest BCUT2D eigenvalue weighted by Crippen LogP contribution is -2.23. The number of rotatable bonds is 7. The van der Waals surface area contributed by atoms with Crippen molar-refractivity contribution in [1.29, 1.82) is 0 Å². The molecule has 0 saturated carbocycles. The van der Waals surface area contributed by atoms with Gasteiger partial charge < -0.3 is 20.1 Å². The molecule has 2 N–H and O–H groups in total. The smallest absolute Gasteiger partial charge is 0.142 e. The first-order valence-corrected chi connectivity index (χ1v) is 6.25. The summed E-state index contributed by atoms with van der Waals surface area (Å²) in [5.41, 5.74) is 6.68. The van der Waals surface area contributed by atoms with Gasteiger partial charge in [0.25, 0.3) is 0 Å². The highest BCUT2D eigenvalue weighted by atomic mass is 16.5. The molecule has 0 heterocycles. The Bertz CT molecular complexity index is 369. The third-order valence-corrected chi connectivity index (χ3v) is 3.16. The Hall–Kier alpha value is -1.42. The largest absolute Gasteiger partial charge is 0.497 e. The summed E-state index contributed by atoms with van der Waals surface area (Å²) in [5.74, 6) is 2.23. The van der Waals surface area contributed by atoms with Gasteiger partial charge in [0, 0.05) is 19.7 Å². The molecule has 102 valence electrons. The molecule has 0 amide bonds. The van der Waals surface area contributed by atoms with Gasteiger partial charge in [-0.05, 0) is 31.0 Å². The highest BCUT2D eigenvalue weighted by Gasteiger charge is 2.10. The third-order valence-electron chi connectivity index (χ3n) is 3.16. The fraction of sp³-hybridized carbons (Fsp3) is 0.571. The molecule has 0 radical (unpaired) electrons. The Kier molecular flexibility index (Phi) is 5.78. The van der Waals surface area contributed by atoms with Gasteiger partial charge in [-0.3, -0.25) is 0 Å². The second-order valence-electron chi connectivity index (χ2n) is 4.59. The van der Waals surface area contributed by atoms with Crippen molar-refractivity contribution in [3.8, 4) is 11.5 Å². The van der Waals surface area contributed by atoms with Crippen molar-refractivity contribution in [3.05, 3.63) is 18.2 Å². The van der Waals surface area contributed by atoms with Crippen LogP contribution in [-0.2, 0) is 0 Å². The van der Waals surface area contributed by atoms with Crippen molar-refractivity contribution >= 4 is 5.69 Å². The summed E-state index contributed by atoms with van der Waals surface area (Å²) in [6.45, 7) is 3.83. The molecule has 0 aliphatic rings. The van der Waals surface area contributed by atoms with Crippen molar-refractivity contribution < 1.29 is 9.47 Å². The van der Waals surface area contributed by atoms with E-state index in [9.17, 15) is 0 Å². The predicted octanol–water partition coefficient (Wildman–Crippen LogP) is 2.12. The summed E-state index contributed by atoms with van der Waals surface area (Å²) in [7, 11) is 5.41. The minimum Gasteiger partial charge on any atom is -0.497 e. The number of nitrogens with two attached hydrogens (primary N) is 1. The lowest BCUT2D eigenvalue weighted by molar-refractivity contribution is 0.403. The Morgan fingerprint density at radius 1 is 1.28 bits per heavy atom. The maximum Gasteiger partial charge on any atom is 0.142 e. The van der Waals surface area contributed by atoms with Crippen LogP contribution in [0.3, 0.4) is 0 Å². The van der Waals surface area contributed by atoms with Crippen LogP contribution in [0.15, 0.2) is 18.2 Å². The van der Waals surface area contributed by atoms with Gasteiger partial charge in [0.05, 0.1) is 19.9 Å². The van der Waals surface area contributed by atoms with Gasteiger partial charge in [-0.1, -0.05) is 6.92 Å². The number of hydrogen-bond acceptors (Lipinski definition) is 4. The van der Waals surface area contributed by atoms with E-state index in [-0.39, 0.29) is 0 Å². The average Bonchev–Trinajstić information content (AvgIpc) is 2.43. The summed E-state index contributed by atoms with van der Waals surface area (Å²) in [6.07, 6.45) is 1.06. The average molecular weight is 252 g/mol. The zero-order valence-corrected chi connectivity index (χ0v) is 11.8. The van der Waals surface area contributed by atoms with E-state index in [2.05, 4.69) is 18.9 Å². The molecule has 0 bridgehead atoms. The topological polar surface area (TPSA) is 47.7 Å². The van der Waals surface area contributed by atoms with Gasteiger partial charge in [0.15, 0.2) is 0 Å². The maximum atomic E-state index is 5.64. The quantitative estimate of drug-likeness (QED) is 0.807. The third kappa shape index (κ3) is 3.81. The van der Waals surface area contributed by atoms with Crippen molar-refractivity contribution in [2.45, 2.75) is 13.3 Å². The summed E-state index contributed by atoms with van der Waals surface area (Å²) in [4.78, 5) is 2.17. The molecular weight excluding hydrogens is 228 g/mol. The van der Waals surface area contributed by atoms with Crippen molar-refractivity contribution in [3.63, 3.8) is 0 Å². The molecule has 4 heteroatoms. The molecule has 0 aliphatic carbocycles. The zero-order valence-electron chi connectivity index (χ0n) is 11.8. The Morgan fingerprint density at radius 3 is 2.56 bits per heavy atom. The Labute approximate surface area is 110 Å². The first-order chi connectivity index (χ1) is 8.62. The van der Waals surface area contributed by atoms with Crippen LogP contribution in [0.25, 0.3) is 0 Å². The molecule has 18 heavy (non-hydrogen) atoms. The Balaban J connectivity index is 2.78. The number of methoxy groups -OCH3 is 2. The molecule has 0 aromatic heterocycles. The van der Waals surface area contributed by atoms with Crippen molar-refractivity contribution in [1.82, 2.24) is 0 Å². The number of anilines is 1. The highest BCUT2D eigenvalue weighted by Crippen LogP contribution is 2.31. The molecule has 4 nitrogen and oxygen atoms in total. The van der Waals surface area contributed by atoms with E-state index in [1.807, 2.05) is 18.2 Å². The van der Waals surface area contributed by atoms with Crippen LogP contribution < -0.4 is 20.1 Å². The SMILES string of the molecule is COc1ccc(OC)c(N(C)CCC(C)CN)c1. The van der Waals surface area contributed by atoms with Gasteiger partial charge in [-0.15, -0.1) is 0 Å². The highest BCUT2D eigenvalue weighted by molar-refractivity contribution is 5.61. The van der Waals surface area contributed by atoms with Gasteiger partial charge in [-0.25, -0.2) is 0 Å². The van der Waals surface area contributed by atoms with Crippen LogP contribution in [0.5, 0.6) is 11.5 Å². The summed E-state index contributed by atoms with van der Waals surface area (Å²) in [5, 5.41) is 0. The summed E-state index contributed by atoms with van der Waals surface area (Å²) < 4.78 is 10.6. The lowest BCUT2D eigenvalue weighted by atomic mass is 10.1. The van der Waals surface area contributed by atoms with Crippen molar-refractivity contribution in [2.24, 2.45) is 11.7 Å². The molecule has 1 rings (SSSR count). The zero-order chi connectivity index (χ0) is 13.5. The normalized spacial score (nSPS) is 12.1. The van der Waals surface area contributed by atoms with Gasteiger partial charge in [-0.2, -0.15) is 0 Å². The van der Waals surface area contributed by atoms with Gasteiger partial charge >= 0.3 is 0 Å². The number of hydrogen-bond donors (Lipinski definition) is 1. The molecule has 1 aromatic rings. The second kappa shape index (κ2) is 7.11. The van der Waals surface area contributed by atoms with Crippen LogP contribution >= 0.6 is 0 Å². The number of benzene rings is 1. The number of ether oxygens (including phenoxy) is 2. The fourth-order valence-corrected chi connectivity index (χ4v) is 1.75.